The van der Waals surface area contributed by atoms with Crippen molar-refractivity contribution in [1.29, 1.82) is 0 Å². The number of aromatic nitrogens is 1. The molecule has 7 heteroatoms. The Bertz CT molecular complexity index is 425. The SMILES string of the molecule is COCCN(CCO)c1ncc(N)cc1C(=O)OC. The van der Waals surface area contributed by atoms with Gasteiger partial charge in [-0.15, -0.1) is 0 Å². The summed E-state index contributed by atoms with van der Waals surface area (Å²) < 4.78 is 9.71. The number of carbonyl (C=O) groups excluding carboxylic acids is 1. The predicted octanol–water partition coefficient (Wildman–Crippen LogP) is -0.105. The fraction of sp³-hybridized carbons (Fsp3) is 0.500. The number of aliphatic hydroxyl groups excluding tert-OH is 1. The smallest absolute Gasteiger partial charge is 0.341 e. The number of methoxy groups -OCH3 is 2. The zero-order chi connectivity index (χ0) is 14.3. The Morgan fingerprint density at radius 3 is 2.79 bits per heavy atom. The predicted molar refractivity (Wildman–Crippen MR) is 71.2 cm³/mol. The minimum atomic E-state index is -0.518. The highest BCUT2D eigenvalue weighted by molar-refractivity contribution is 5.95. The van der Waals surface area contributed by atoms with Crippen LogP contribution in [-0.2, 0) is 9.47 Å². The summed E-state index contributed by atoms with van der Waals surface area (Å²) in [6.07, 6.45) is 1.46. The van der Waals surface area contributed by atoms with Crippen LogP contribution in [0.25, 0.3) is 0 Å². The van der Waals surface area contributed by atoms with Crippen LogP contribution in [-0.4, -0.2) is 56.6 Å². The van der Waals surface area contributed by atoms with Crippen LogP contribution in [0.4, 0.5) is 11.5 Å². The van der Waals surface area contributed by atoms with Gasteiger partial charge in [-0.05, 0) is 6.07 Å². The van der Waals surface area contributed by atoms with E-state index in [-0.39, 0.29) is 12.2 Å². The van der Waals surface area contributed by atoms with Crippen LogP contribution in [0.15, 0.2) is 12.3 Å². The fourth-order valence-electron chi connectivity index (χ4n) is 1.63. The normalized spacial score (nSPS) is 10.3. The molecule has 0 radical (unpaired) electrons. The lowest BCUT2D eigenvalue weighted by Gasteiger charge is -2.24. The van der Waals surface area contributed by atoms with Gasteiger partial charge >= 0.3 is 5.97 Å². The molecule has 106 valence electrons. The summed E-state index contributed by atoms with van der Waals surface area (Å²) in [5.74, 6) is -0.0951. The van der Waals surface area contributed by atoms with Crippen LogP contribution in [0.2, 0.25) is 0 Å². The molecule has 0 amide bonds. The summed E-state index contributed by atoms with van der Waals surface area (Å²) >= 11 is 0. The highest BCUT2D eigenvalue weighted by atomic mass is 16.5. The number of nitrogen functional groups attached to an aromatic ring is 1. The van der Waals surface area contributed by atoms with E-state index in [1.165, 1.54) is 19.4 Å². The van der Waals surface area contributed by atoms with Gasteiger partial charge in [0.05, 0.1) is 32.2 Å². The van der Waals surface area contributed by atoms with Crippen molar-refractivity contribution in [2.45, 2.75) is 0 Å². The minimum absolute atomic E-state index is 0.0591. The number of rotatable bonds is 7. The van der Waals surface area contributed by atoms with E-state index < -0.39 is 5.97 Å². The number of nitrogens with two attached hydrogens (primary N) is 1. The molecule has 0 spiro atoms. The largest absolute Gasteiger partial charge is 0.465 e. The van der Waals surface area contributed by atoms with E-state index in [0.717, 1.165) is 0 Å². The second kappa shape index (κ2) is 7.55. The molecule has 0 saturated heterocycles. The Morgan fingerprint density at radius 1 is 1.47 bits per heavy atom. The maximum absolute atomic E-state index is 11.7. The zero-order valence-electron chi connectivity index (χ0n) is 11.1. The van der Waals surface area contributed by atoms with Gasteiger partial charge in [0, 0.05) is 20.2 Å². The number of anilines is 2. The second-order valence-electron chi connectivity index (χ2n) is 3.83. The van der Waals surface area contributed by atoms with Crippen molar-refractivity contribution in [3.8, 4) is 0 Å². The molecule has 0 aliphatic carbocycles. The lowest BCUT2D eigenvalue weighted by Crippen LogP contribution is -2.32. The minimum Gasteiger partial charge on any atom is -0.465 e. The van der Waals surface area contributed by atoms with Crippen LogP contribution in [0.3, 0.4) is 0 Å². The van der Waals surface area contributed by atoms with Gasteiger partial charge in [-0.3, -0.25) is 0 Å². The van der Waals surface area contributed by atoms with E-state index >= 15 is 0 Å². The number of pyridine rings is 1. The van der Waals surface area contributed by atoms with E-state index in [9.17, 15) is 4.79 Å². The van der Waals surface area contributed by atoms with Crippen molar-refractivity contribution in [1.82, 2.24) is 4.98 Å². The van der Waals surface area contributed by atoms with Gasteiger partial charge in [-0.2, -0.15) is 0 Å². The third-order valence-electron chi connectivity index (χ3n) is 2.53. The number of carbonyl (C=O) groups is 1. The van der Waals surface area contributed by atoms with Gasteiger partial charge in [-0.25, -0.2) is 9.78 Å². The summed E-state index contributed by atoms with van der Waals surface area (Å²) in [6.45, 7) is 1.23. The van der Waals surface area contributed by atoms with Crippen LogP contribution >= 0.6 is 0 Å². The van der Waals surface area contributed by atoms with Crippen LogP contribution < -0.4 is 10.6 Å². The first kappa shape index (κ1) is 15.2. The van der Waals surface area contributed by atoms with Crippen LogP contribution in [0, 0.1) is 0 Å². The summed E-state index contributed by atoms with van der Waals surface area (Å²) in [5.41, 5.74) is 6.28. The molecular weight excluding hydrogens is 250 g/mol. The number of esters is 1. The van der Waals surface area contributed by atoms with E-state index in [1.54, 1.807) is 12.0 Å². The molecule has 0 aliphatic rings. The van der Waals surface area contributed by atoms with Crippen molar-refractivity contribution in [3.63, 3.8) is 0 Å². The molecule has 0 fully saturated rings. The fourth-order valence-corrected chi connectivity index (χ4v) is 1.63. The quantitative estimate of drug-likeness (QED) is 0.667. The van der Waals surface area contributed by atoms with E-state index in [4.69, 9.17) is 20.3 Å². The molecule has 0 atom stereocenters. The van der Waals surface area contributed by atoms with Crippen molar-refractivity contribution in [2.24, 2.45) is 0 Å². The van der Waals surface area contributed by atoms with Gasteiger partial charge in [0.25, 0.3) is 0 Å². The highest BCUT2D eigenvalue weighted by Crippen LogP contribution is 2.20. The Balaban J connectivity index is 3.09. The van der Waals surface area contributed by atoms with Gasteiger partial charge in [0.2, 0.25) is 0 Å². The zero-order valence-corrected chi connectivity index (χ0v) is 11.1. The second-order valence-corrected chi connectivity index (χ2v) is 3.83. The molecule has 0 bridgehead atoms. The van der Waals surface area contributed by atoms with Crippen molar-refractivity contribution in [3.05, 3.63) is 17.8 Å². The first-order chi connectivity index (χ1) is 9.13. The molecule has 1 aromatic rings. The summed E-state index contributed by atoms with van der Waals surface area (Å²) in [7, 11) is 2.87. The molecule has 0 unspecified atom stereocenters. The molecule has 1 rings (SSSR count). The van der Waals surface area contributed by atoms with Gasteiger partial charge in [-0.1, -0.05) is 0 Å². The maximum Gasteiger partial charge on any atom is 0.341 e. The van der Waals surface area contributed by atoms with E-state index in [0.29, 0.717) is 31.2 Å². The third kappa shape index (κ3) is 4.08. The summed E-state index contributed by atoms with van der Waals surface area (Å²) in [4.78, 5) is 17.6. The van der Waals surface area contributed by atoms with Gasteiger partial charge < -0.3 is 25.2 Å². The lowest BCUT2D eigenvalue weighted by molar-refractivity contribution is 0.0601. The van der Waals surface area contributed by atoms with Crippen LogP contribution in [0.1, 0.15) is 10.4 Å². The topological polar surface area (TPSA) is 97.9 Å². The van der Waals surface area contributed by atoms with E-state index in [1.807, 2.05) is 0 Å². The Hall–Kier alpha value is -1.86. The number of ether oxygens (including phenoxy) is 2. The molecule has 1 heterocycles. The molecule has 19 heavy (non-hydrogen) atoms. The Morgan fingerprint density at radius 2 is 2.21 bits per heavy atom. The number of aliphatic hydroxyl groups is 1. The van der Waals surface area contributed by atoms with Gasteiger partial charge in [0.15, 0.2) is 0 Å². The number of nitrogens with zero attached hydrogens (tertiary/aromatic N) is 2. The molecular formula is C12H19N3O4. The third-order valence-corrected chi connectivity index (χ3v) is 2.53. The molecule has 3 N–H and O–H groups in total. The summed E-state index contributed by atoms with van der Waals surface area (Å²) in [6, 6.07) is 1.51. The maximum atomic E-state index is 11.7. The first-order valence-corrected chi connectivity index (χ1v) is 5.82. The van der Waals surface area contributed by atoms with Crippen LogP contribution in [0.5, 0.6) is 0 Å². The highest BCUT2D eigenvalue weighted by Gasteiger charge is 2.18. The Labute approximate surface area is 111 Å². The average Bonchev–Trinajstić information content (AvgIpc) is 2.42. The Kier molecular flexibility index (Phi) is 6.04. The van der Waals surface area contributed by atoms with Crippen molar-refractivity contribution in [2.75, 3.05) is 51.2 Å². The first-order valence-electron chi connectivity index (χ1n) is 5.82. The molecule has 7 nitrogen and oxygen atoms in total. The molecule has 0 aromatic carbocycles. The lowest BCUT2D eigenvalue weighted by atomic mass is 10.2. The van der Waals surface area contributed by atoms with E-state index in [2.05, 4.69) is 4.98 Å². The molecule has 0 saturated carbocycles. The monoisotopic (exact) mass is 269 g/mol. The molecule has 1 aromatic heterocycles. The molecule has 0 aliphatic heterocycles. The average molecular weight is 269 g/mol. The standard InChI is InChI=1S/C12H19N3O4/c1-18-6-4-15(3-5-16)11-10(12(17)19-2)7-9(13)8-14-11/h7-8,16H,3-6,13H2,1-2H3. The number of hydrogen-bond donors (Lipinski definition) is 2. The van der Waals surface area contributed by atoms with Gasteiger partial charge in [0.1, 0.15) is 11.4 Å². The number of hydrogen-bond acceptors (Lipinski definition) is 7. The van der Waals surface area contributed by atoms with Crippen molar-refractivity contribution >= 4 is 17.5 Å². The summed E-state index contributed by atoms with van der Waals surface area (Å²) in [5, 5.41) is 9.09. The van der Waals surface area contributed by atoms with Crippen molar-refractivity contribution < 1.29 is 19.4 Å².